The number of phenols is 1. The summed E-state index contributed by atoms with van der Waals surface area (Å²) in [5.74, 6) is 0.876. The van der Waals surface area contributed by atoms with Gasteiger partial charge < -0.3 is 9.52 Å². The summed E-state index contributed by atoms with van der Waals surface area (Å²) in [6, 6.07) is 9.17. The zero-order chi connectivity index (χ0) is 18.1. The minimum absolute atomic E-state index is 0.0706. The molecule has 0 bridgehead atoms. The highest BCUT2D eigenvalue weighted by atomic mass is 127. The first-order chi connectivity index (χ1) is 11.9. The number of benzene rings is 2. The molecule has 0 unspecified atom stereocenters. The van der Waals surface area contributed by atoms with Gasteiger partial charge in [-0.2, -0.15) is 0 Å². The maximum Gasteiger partial charge on any atom is 0.197 e. The molecule has 3 rings (SSSR count). The Hall–Kier alpha value is -0.610. The van der Waals surface area contributed by atoms with Crippen molar-refractivity contribution >= 4 is 77.9 Å². The number of carbonyl (C=O) groups is 1. The number of phenolic OH excluding ortho intramolecular Hbond substituents is 1. The Morgan fingerprint density at radius 1 is 1.20 bits per heavy atom. The van der Waals surface area contributed by atoms with Crippen LogP contribution in [0.3, 0.4) is 0 Å². The first-order valence-corrected chi connectivity index (χ1v) is 10.8. The summed E-state index contributed by atoms with van der Waals surface area (Å²) >= 11 is 7.57. The Morgan fingerprint density at radius 3 is 2.52 bits per heavy atom. The van der Waals surface area contributed by atoms with Gasteiger partial charge in [0.2, 0.25) is 0 Å². The Bertz CT molecular complexity index is 940. The third-order valence-electron chi connectivity index (χ3n) is 3.99. The Kier molecular flexibility index (Phi) is 6.10. The molecule has 0 radical (unpaired) electrons. The van der Waals surface area contributed by atoms with Gasteiger partial charge in [-0.1, -0.05) is 29.3 Å². The number of hydrogen-bond acceptors (Lipinski definition) is 3. The average molecular weight is 625 g/mol. The zero-order valence-electron chi connectivity index (χ0n) is 13.4. The molecule has 0 atom stereocenters. The number of halogens is 3. The topological polar surface area (TPSA) is 50.4 Å². The maximum atomic E-state index is 13.3. The van der Waals surface area contributed by atoms with Gasteiger partial charge in [-0.15, -0.1) is 0 Å². The lowest BCUT2D eigenvalue weighted by Gasteiger charge is -2.07. The highest BCUT2D eigenvalue weighted by Crippen LogP contribution is 2.34. The minimum atomic E-state index is -0.0706. The van der Waals surface area contributed by atoms with Gasteiger partial charge in [0.25, 0.3) is 0 Å². The van der Waals surface area contributed by atoms with Crippen LogP contribution >= 0.6 is 61.1 Å². The van der Waals surface area contributed by atoms with E-state index in [1.807, 2.05) is 63.4 Å². The molecule has 0 aliphatic carbocycles. The maximum absolute atomic E-state index is 13.3. The van der Waals surface area contributed by atoms with E-state index in [1.165, 1.54) is 0 Å². The number of rotatable bonds is 5. The zero-order valence-corrected chi connectivity index (χ0v) is 19.3. The predicted molar refractivity (Wildman–Crippen MR) is 119 cm³/mol. The van der Waals surface area contributed by atoms with Crippen LogP contribution in [0.25, 0.3) is 11.0 Å². The quantitative estimate of drug-likeness (QED) is 0.254. The van der Waals surface area contributed by atoms with Crippen LogP contribution in [0.4, 0.5) is 0 Å². The molecule has 1 heterocycles. The molecular formula is C19H15BrI2O3. The third kappa shape index (κ3) is 3.90. The second-order valence-electron chi connectivity index (χ2n) is 5.76. The van der Waals surface area contributed by atoms with Crippen LogP contribution in [0.15, 0.2) is 39.2 Å². The van der Waals surface area contributed by atoms with Crippen molar-refractivity contribution in [2.45, 2.75) is 26.2 Å². The number of carbonyl (C=O) groups excluding carboxylic acids is 1. The number of hydrogen-bond donors (Lipinski definition) is 1. The fraction of sp³-hybridized carbons (Fsp3) is 0.211. The van der Waals surface area contributed by atoms with E-state index < -0.39 is 0 Å². The normalized spacial score (nSPS) is 11.2. The van der Waals surface area contributed by atoms with Crippen molar-refractivity contribution in [1.82, 2.24) is 0 Å². The molecule has 0 amide bonds. The third-order valence-corrected chi connectivity index (χ3v) is 6.12. The largest absolute Gasteiger partial charge is 0.506 e. The summed E-state index contributed by atoms with van der Waals surface area (Å²) in [5, 5.41) is 10.8. The Labute approximate surface area is 181 Å². The molecule has 3 nitrogen and oxygen atoms in total. The monoisotopic (exact) mass is 624 g/mol. The SMILES string of the molecule is CCCCc1oc2ccc(Br)cc2c1C(=O)c1cc(I)c(O)c(I)c1. The van der Waals surface area contributed by atoms with Crippen molar-refractivity contribution in [3.8, 4) is 5.75 Å². The van der Waals surface area contributed by atoms with E-state index in [0.29, 0.717) is 18.3 Å². The van der Waals surface area contributed by atoms with Crippen LogP contribution < -0.4 is 0 Å². The average Bonchev–Trinajstić information content (AvgIpc) is 2.94. The van der Waals surface area contributed by atoms with Crippen molar-refractivity contribution < 1.29 is 14.3 Å². The fourth-order valence-corrected chi connectivity index (χ4v) is 4.85. The molecule has 3 aromatic rings. The van der Waals surface area contributed by atoms with E-state index in [9.17, 15) is 9.90 Å². The van der Waals surface area contributed by atoms with Crippen molar-refractivity contribution in [2.24, 2.45) is 0 Å². The van der Waals surface area contributed by atoms with Crippen molar-refractivity contribution in [3.63, 3.8) is 0 Å². The van der Waals surface area contributed by atoms with Gasteiger partial charge in [0.1, 0.15) is 17.1 Å². The van der Waals surface area contributed by atoms with Gasteiger partial charge >= 0.3 is 0 Å². The molecule has 0 saturated heterocycles. The van der Waals surface area contributed by atoms with Crippen LogP contribution in [0.1, 0.15) is 41.4 Å². The lowest BCUT2D eigenvalue weighted by atomic mass is 9.98. The van der Waals surface area contributed by atoms with E-state index in [2.05, 4.69) is 22.9 Å². The summed E-state index contributed by atoms with van der Waals surface area (Å²) < 4.78 is 8.22. The van der Waals surface area contributed by atoms with Gasteiger partial charge in [-0.05, 0) is 81.9 Å². The van der Waals surface area contributed by atoms with Crippen molar-refractivity contribution in [3.05, 3.63) is 58.8 Å². The van der Waals surface area contributed by atoms with Gasteiger partial charge in [-0.3, -0.25) is 4.79 Å². The summed E-state index contributed by atoms with van der Waals surface area (Å²) in [7, 11) is 0. The molecule has 0 aliphatic heterocycles. The van der Waals surface area contributed by atoms with E-state index in [1.54, 1.807) is 12.1 Å². The molecule has 0 fully saturated rings. The molecular weight excluding hydrogens is 610 g/mol. The summed E-state index contributed by atoms with van der Waals surface area (Å²) in [4.78, 5) is 13.3. The fourth-order valence-electron chi connectivity index (χ4n) is 2.72. The molecule has 25 heavy (non-hydrogen) atoms. The van der Waals surface area contributed by atoms with E-state index >= 15 is 0 Å². The van der Waals surface area contributed by atoms with Crippen molar-refractivity contribution in [2.75, 3.05) is 0 Å². The molecule has 0 aliphatic rings. The number of fused-ring (bicyclic) bond motifs is 1. The van der Waals surface area contributed by atoms with E-state index in [0.717, 1.165) is 40.5 Å². The first kappa shape index (κ1) is 19.2. The van der Waals surface area contributed by atoms with Gasteiger partial charge in [0, 0.05) is 21.8 Å². The van der Waals surface area contributed by atoms with Gasteiger partial charge in [0.05, 0.1) is 12.7 Å². The highest BCUT2D eigenvalue weighted by Gasteiger charge is 2.23. The molecule has 1 aromatic heterocycles. The lowest BCUT2D eigenvalue weighted by molar-refractivity contribution is 0.103. The molecule has 0 spiro atoms. The minimum Gasteiger partial charge on any atom is -0.506 e. The van der Waals surface area contributed by atoms with Crippen LogP contribution in [-0.2, 0) is 6.42 Å². The predicted octanol–water partition coefficient (Wildman–Crippen LogP) is 6.68. The number of ketones is 1. The second kappa shape index (κ2) is 7.96. The molecule has 130 valence electrons. The van der Waals surface area contributed by atoms with Crippen LogP contribution in [0.2, 0.25) is 0 Å². The summed E-state index contributed by atoms with van der Waals surface area (Å²) in [6.07, 6.45) is 2.73. The van der Waals surface area contributed by atoms with E-state index in [4.69, 9.17) is 4.42 Å². The summed E-state index contributed by atoms with van der Waals surface area (Å²) in [6.45, 7) is 2.12. The Balaban J connectivity index is 2.18. The molecule has 0 saturated carbocycles. The van der Waals surface area contributed by atoms with E-state index in [-0.39, 0.29) is 11.5 Å². The lowest BCUT2D eigenvalue weighted by Crippen LogP contribution is -2.05. The second-order valence-corrected chi connectivity index (χ2v) is 9.00. The Morgan fingerprint density at radius 2 is 1.88 bits per heavy atom. The molecule has 1 N–H and O–H groups in total. The first-order valence-electron chi connectivity index (χ1n) is 7.86. The van der Waals surface area contributed by atoms with Crippen LogP contribution in [-0.4, -0.2) is 10.9 Å². The number of furan rings is 1. The highest BCUT2D eigenvalue weighted by molar-refractivity contribution is 14.1. The van der Waals surface area contributed by atoms with Crippen molar-refractivity contribution in [1.29, 1.82) is 0 Å². The number of aryl methyl sites for hydroxylation is 1. The van der Waals surface area contributed by atoms with Gasteiger partial charge in [-0.25, -0.2) is 0 Å². The molecule has 2 aromatic carbocycles. The molecule has 6 heteroatoms. The number of aromatic hydroxyl groups is 1. The van der Waals surface area contributed by atoms with Crippen LogP contribution in [0.5, 0.6) is 5.75 Å². The number of unbranched alkanes of at least 4 members (excludes halogenated alkanes) is 1. The smallest absolute Gasteiger partial charge is 0.197 e. The van der Waals surface area contributed by atoms with Gasteiger partial charge in [0.15, 0.2) is 5.78 Å². The standard InChI is InChI=1S/C19H15BrI2O3/c1-2-3-4-16-17(12-9-11(20)5-6-15(12)25-16)18(23)10-7-13(21)19(24)14(22)8-10/h5-9,24H,2-4H2,1H3. The summed E-state index contributed by atoms with van der Waals surface area (Å²) in [5.41, 5.74) is 1.91. The van der Waals surface area contributed by atoms with Crippen LogP contribution in [0, 0.1) is 7.14 Å².